The maximum absolute atomic E-state index is 13.4. The van der Waals surface area contributed by atoms with Crippen molar-refractivity contribution in [3.63, 3.8) is 0 Å². The Bertz CT molecular complexity index is 698. The molecule has 0 amide bonds. The van der Waals surface area contributed by atoms with E-state index < -0.39 is 6.10 Å². The fraction of sp³-hybridized carbons (Fsp3) is 0.333. The van der Waals surface area contributed by atoms with E-state index in [9.17, 15) is 9.50 Å². The normalized spacial score (nSPS) is 18.0. The summed E-state index contributed by atoms with van der Waals surface area (Å²) in [6.45, 7) is 3.76. The molecule has 0 aliphatic carbocycles. The molecule has 3 rings (SSSR count). The Balaban J connectivity index is 1.61. The minimum Gasteiger partial charge on any atom is -0.387 e. The van der Waals surface area contributed by atoms with Gasteiger partial charge in [0.15, 0.2) is 0 Å². The first-order chi connectivity index (χ1) is 11.6. The lowest BCUT2D eigenvalue weighted by atomic mass is 9.96. The molecule has 0 unspecified atom stereocenters. The molecule has 24 heavy (non-hydrogen) atoms. The van der Waals surface area contributed by atoms with Gasteiger partial charge in [0, 0.05) is 19.1 Å². The zero-order valence-corrected chi connectivity index (χ0v) is 14.0. The van der Waals surface area contributed by atoms with Gasteiger partial charge >= 0.3 is 0 Å². The molecular weight excluding hydrogens is 301 g/mol. The molecule has 0 spiro atoms. The molecule has 0 bridgehead atoms. The van der Waals surface area contributed by atoms with Crippen LogP contribution in [0.4, 0.5) is 4.39 Å². The highest BCUT2D eigenvalue weighted by Gasteiger charge is 2.24. The number of nitrogens with zero attached hydrogens (tertiary/aromatic N) is 1. The van der Waals surface area contributed by atoms with Crippen molar-refractivity contribution in [3.8, 4) is 0 Å². The molecule has 126 valence electrons. The first-order valence-electron chi connectivity index (χ1n) is 8.53. The second kappa shape index (κ2) is 7.73. The van der Waals surface area contributed by atoms with Crippen molar-refractivity contribution in [2.45, 2.75) is 31.9 Å². The van der Waals surface area contributed by atoms with Gasteiger partial charge in [-0.3, -0.25) is 4.90 Å². The maximum Gasteiger partial charge on any atom is 0.123 e. The summed E-state index contributed by atoms with van der Waals surface area (Å²) in [6, 6.07) is 16.7. The Morgan fingerprint density at radius 2 is 1.92 bits per heavy atom. The second-order valence-corrected chi connectivity index (χ2v) is 6.51. The van der Waals surface area contributed by atoms with Crippen molar-refractivity contribution in [1.29, 1.82) is 0 Å². The van der Waals surface area contributed by atoms with Crippen LogP contribution >= 0.6 is 0 Å². The molecule has 0 saturated carbocycles. The minimum absolute atomic E-state index is 0.0404. The molecule has 0 aromatic heterocycles. The molecule has 0 saturated heterocycles. The fourth-order valence-electron chi connectivity index (χ4n) is 3.28. The molecule has 0 fully saturated rings. The number of aliphatic hydroxyl groups excluding tert-OH is 1. The van der Waals surface area contributed by atoms with Crippen LogP contribution in [0.2, 0.25) is 0 Å². The van der Waals surface area contributed by atoms with Gasteiger partial charge in [0.05, 0.1) is 6.10 Å². The third-order valence-corrected chi connectivity index (χ3v) is 4.83. The number of aliphatic hydroxyl groups is 1. The Morgan fingerprint density at radius 3 is 2.58 bits per heavy atom. The number of benzene rings is 2. The third-order valence-electron chi connectivity index (χ3n) is 4.83. The predicted octanol–water partition coefficient (Wildman–Crippen LogP) is 4.12. The Labute approximate surface area is 143 Å². The smallest absolute Gasteiger partial charge is 0.123 e. The van der Waals surface area contributed by atoms with Crippen LogP contribution in [0.1, 0.15) is 30.6 Å². The largest absolute Gasteiger partial charge is 0.387 e. The quantitative estimate of drug-likeness (QED) is 0.836. The lowest BCUT2D eigenvalue weighted by Gasteiger charge is -2.34. The number of hydrogen-bond acceptors (Lipinski definition) is 2. The molecule has 2 aromatic rings. The van der Waals surface area contributed by atoms with E-state index in [2.05, 4.69) is 35.2 Å². The van der Waals surface area contributed by atoms with Crippen molar-refractivity contribution >= 4 is 0 Å². The summed E-state index contributed by atoms with van der Waals surface area (Å²) in [5.74, 6) is -0.303. The van der Waals surface area contributed by atoms with Crippen molar-refractivity contribution in [3.05, 3.63) is 83.2 Å². The predicted molar refractivity (Wildman–Crippen MR) is 95.2 cm³/mol. The lowest BCUT2D eigenvalue weighted by molar-refractivity contribution is 0.0621. The highest BCUT2D eigenvalue weighted by Crippen LogP contribution is 2.25. The molecule has 2 nitrogen and oxygen atoms in total. The average molecular weight is 325 g/mol. The molecule has 1 aliphatic heterocycles. The summed E-state index contributed by atoms with van der Waals surface area (Å²) < 4.78 is 13.4. The van der Waals surface area contributed by atoms with Crippen molar-refractivity contribution in [1.82, 2.24) is 4.90 Å². The van der Waals surface area contributed by atoms with E-state index in [0.717, 1.165) is 25.9 Å². The van der Waals surface area contributed by atoms with E-state index in [1.165, 1.54) is 23.3 Å². The van der Waals surface area contributed by atoms with E-state index in [1.807, 2.05) is 13.0 Å². The van der Waals surface area contributed by atoms with Gasteiger partial charge in [0.1, 0.15) is 5.82 Å². The van der Waals surface area contributed by atoms with Gasteiger partial charge in [-0.25, -0.2) is 4.39 Å². The van der Waals surface area contributed by atoms with Crippen LogP contribution in [0.25, 0.3) is 0 Å². The number of hydrogen-bond donors (Lipinski definition) is 1. The first-order valence-corrected chi connectivity index (χ1v) is 8.53. The summed E-state index contributed by atoms with van der Waals surface area (Å²) in [5, 5.41) is 10.5. The molecule has 1 aliphatic rings. The van der Waals surface area contributed by atoms with Crippen LogP contribution in [0.15, 0.2) is 66.2 Å². The summed E-state index contributed by atoms with van der Waals surface area (Å²) in [5.41, 5.74) is 3.43. The van der Waals surface area contributed by atoms with Crippen LogP contribution in [0.3, 0.4) is 0 Å². The summed E-state index contributed by atoms with van der Waals surface area (Å²) in [7, 11) is 0. The van der Waals surface area contributed by atoms with Crippen LogP contribution in [-0.4, -0.2) is 29.1 Å². The van der Waals surface area contributed by atoms with Crippen molar-refractivity contribution < 1.29 is 9.50 Å². The van der Waals surface area contributed by atoms with Gasteiger partial charge in [-0.1, -0.05) is 54.1 Å². The van der Waals surface area contributed by atoms with Crippen LogP contribution in [0.5, 0.6) is 0 Å². The fourth-order valence-corrected chi connectivity index (χ4v) is 3.28. The molecular formula is C21H24FNO. The van der Waals surface area contributed by atoms with Crippen LogP contribution in [-0.2, 0) is 6.42 Å². The Kier molecular flexibility index (Phi) is 5.44. The van der Waals surface area contributed by atoms with Gasteiger partial charge in [-0.2, -0.15) is 0 Å². The van der Waals surface area contributed by atoms with Gasteiger partial charge in [0.2, 0.25) is 0 Å². The molecule has 2 atom stereocenters. The van der Waals surface area contributed by atoms with Gasteiger partial charge in [-0.05, 0) is 43.0 Å². The first kappa shape index (κ1) is 16.9. The maximum atomic E-state index is 13.4. The van der Waals surface area contributed by atoms with Gasteiger partial charge < -0.3 is 5.11 Å². The highest BCUT2D eigenvalue weighted by atomic mass is 19.1. The average Bonchev–Trinajstić information content (AvgIpc) is 2.62. The van der Waals surface area contributed by atoms with Gasteiger partial charge in [-0.15, -0.1) is 0 Å². The second-order valence-electron chi connectivity index (χ2n) is 6.51. The minimum atomic E-state index is -0.676. The third kappa shape index (κ3) is 4.11. The van der Waals surface area contributed by atoms with E-state index in [4.69, 9.17) is 0 Å². The zero-order valence-electron chi connectivity index (χ0n) is 14.0. The van der Waals surface area contributed by atoms with Crippen molar-refractivity contribution in [2.24, 2.45) is 0 Å². The van der Waals surface area contributed by atoms with E-state index in [0.29, 0.717) is 5.56 Å². The molecule has 1 N–H and O–H groups in total. The monoisotopic (exact) mass is 325 g/mol. The molecule has 1 heterocycles. The lowest BCUT2D eigenvalue weighted by Crippen LogP contribution is -2.40. The number of rotatable bonds is 5. The summed E-state index contributed by atoms with van der Waals surface area (Å²) >= 11 is 0. The van der Waals surface area contributed by atoms with Crippen LogP contribution < -0.4 is 0 Å². The molecule has 3 heteroatoms. The standard InChI is InChI=1S/C21H24FNO/c1-16(21(24)19-8-5-9-20(22)15-19)23-12-10-18(11-13-23)14-17-6-3-2-4-7-17/h2-10,15-16,21,24H,11-14H2,1H3/t16-,21-/m1/s1. The summed E-state index contributed by atoms with van der Waals surface area (Å²) in [4.78, 5) is 2.25. The Hall–Kier alpha value is -1.97. The van der Waals surface area contributed by atoms with E-state index in [-0.39, 0.29) is 11.9 Å². The Morgan fingerprint density at radius 1 is 1.12 bits per heavy atom. The SMILES string of the molecule is C[C@H]([C@@H](O)c1cccc(F)c1)N1CC=C(Cc2ccccc2)CC1. The van der Waals surface area contributed by atoms with Gasteiger partial charge in [0.25, 0.3) is 0 Å². The molecule has 2 aromatic carbocycles. The van der Waals surface area contributed by atoms with Crippen LogP contribution in [0, 0.1) is 5.82 Å². The number of halogens is 1. The van der Waals surface area contributed by atoms with E-state index in [1.54, 1.807) is 12.1 Å². The van der Waals surface area contributed by atoms with E-state index >= 15 is 0 Å². The highest BCUT2D eigenvalue weighted by molar-refractivity contribution is 5.24. The topological polar surface area (TPSA) is 23.5 Å². The summed E-state index contributed by atoms with van der Waals surface area (Å²) in [6.07, 6.45) is 3.60. The van der Waals surface area contributed by atoms with Crippen molar-refractivity contribution in [2.75, 3.05) is 13.1 Å². The molecule has 0 radical (unpaired) electrons. The zero-order chi connectivity index (χ0) is 16.9.